The van der Waals surface area contributed by atoms with Crippen LogP contribution in [-0.2, 0) is 19.6 Å². The third kappa shape index (κ3) is 4.73. The molecule has 0 bridgehead atoms. The van der Waals surface area contributed by atoms with Gasteiger partial charge in [-0.15, -0.1) is 0 Å². The summed E-state index contributed by atoms with van der Waals surface area (Å²) >= 11 is 0. The van der Waals surface area contributed by atoms with Gasteiger partial charge in [-0.2, -0.15) is 0 Å². The van der Waals surface area contributed by atoms with Crippen LogP contribution in [-0.4, -0.2) is 36.2 Å². The fourth-order valence-electron chi connectivity index (χ4n) is 4.13. The molecular weight excluding hydrogens is 442 g/mol. The maximum atomic E-state index is 13.2. The van der Waals surface area contributed by atoms with Crippen molar-refractivity contribution in [3.8, 4) is 5.75 Å². The van der Waals surface area contributed by atoms with Gasteiger partial charge in [-0.1, -0.05) is 35.9 Å². The summed E-state index contributed by atoms with van der Waals surface area (Å²) in [6, 6.07) is 12.3. The minimum Gasteiger partial charge on any atom is -0.487 e. The topological polar surface area (TPSA) is 105 Å². The van der Waals surface area contributed by atoms with Crippen LogP contribution >= 0.6 is 0 Å². The number of carbonyl (C=O) groups is 2. The largest absolute Gasteiger partial charge is 0.487 e. The highest BCUT2D eigenvalue weighted by molar-refractivity contribution is 7.89. The van der Waals surface area contributed by atoms with Crippen LogP contribution in [0.5, 0.6) is 5.75 Å². The molecule has 2 atom stereocenters. The zero-order valence-corrected chi connectivity index (χ0v) is 19.6. The van der Waals surface area contributed by atoms with Crippen LogP contribution in [0.4, 0.5) is 0 Å². The molecule has 0 unspecified atom stereocenters. The second-order valence-electron chi connectivity index (χ2n) is 8.92. The van der Waals surface area contributed by atoms with E-state index in [1.54, 1.807) is 12.1 Å². The first kappa shape index (κ1) is 22.8. The van der Waals surface area contributed by atoms with Crippen LogP contribution in [0.3, 0.4) is 0 Å². The summed E-state index contributed by atoms with van der Waals surface area (Å²) in [4.78, 5) is 25.7. The molecule has 2 amide bonds. The number of para-hydroxylation sites is 1. The summed E-state index contributed by atoms with van der Waals surface area (Å²) < 4.78 is 33.4. The van der Waals surface area contributed by atoms with Crippen molar-refractivity contribution in [3.63, 3.8) is 0 Å². The van der Waals surface area contributed by atoms with Crippen LogP contribution in [0, 0.1) is 6.92 Å². The summed E-state index contributed by atoms with van der Waals surface area (Å²) in [6.07, 6.45) is 2.76. The Morgan fingerprint density at radius 2 is 1.88 bits per heavy atom. The minimum atomic E-state index is -4.02. The van der Waals surface area contributed by atoms with Crippen molar-refractivity contribution in [3.05, 3.63) is 72.1 Å². The van der Waals surface area contributed by atoms with E-state index in [-0.39, 0.29) is 17.4 Å². The summed E-state index contributed by atoms with van der Waals surface area (Å²) in [5.41, 5.74) is 1.27. The van der Waals surface area contributed by atoms with Gasteiger partial charge in [-0.3, -0.25) is 13.9 Å². The van der Waals surface area contributed by atoms with Crippen molar-refractivity contribution >= 4 is 21.8 Å². The average molecular weight is 470 g/mol. The second kappa shape index (κ2) is 8.55. The zero-order valence-electron chi connectivity index (χ0n) is 18.7. The van der Waals surface area contributed by atoms with Gasteiger partial charge in [-0.25, -0.2) is 8.42 Å². The number of hydrogen-bond acceptors (Lipinski definition) is 5. The Kier molecular flexibility index (Phi) is 5.92. The molecule has 2 aliphatic rings. The first-order chi connectivity index (χ1) is 15.6. The van der Waals surface area contributed by atoms with Crippen LogP contribution in [0.2, 0.25) is 0 Å². The molecule has 8 nitrogen and oxygen atoms in total. The predicted molar refractivity (Wildman–Crippen MR) is 123 cm³/mol. The van der Waals surface area contributed by atoms with E-state index >= 15 is 0 Å². The first-order valence-electron chi connectivity index (χ1n) is 10.7. The molecule has 0 saturated carbocycles. The predicted octanol–water partition coefficient (Wildman–Crippen LogP) is 2.76. The summed E-state index contributed by atoms with van der Waals surface area (Å²) in [5, 5.41) is 5.48. The lowest BCUT2D eigenvalue weighted by atomic mass is 9.89. The van der Waals surface area contributed by atoms with Gasteiger partial charge >= 0.3 is 0 Å². The highest BCUT2D eigenvalue weighted by Crippen LogP contribution is 2.39. The Bertz CT molecular complexity index is 1200. The fraction of sp³-hybridized carbons (Fsp3) is 0.333. The zero-order chi connectivity index (χ0) is 23.8. The third-order valence-electron chi connectivity index (χ3n) is 5.74. The van der Waals surface area contributed by atoms with Crippen molar-refractivity contribution in [2.45, 2.75) is 56.2 Å². The number of sulfonamides is 1. The number of carbonyl (C=O) groups excluding carboxylic acids is 2. The lowest BCUT2D eigenvalue weighted by Crippen LogP contribution is -2.51. The number of ether oxygens (including phenoxy) is 1. The van der Waals surface area contributed by atoms with Crippen molar-refractivity contribution < 1.29 is 22.7 Å². The quantitative estimate of drug-likeness (QED) is 0.701. The molecule has 0 fully saturated rings. The van der Waals surface area contributed by atoms with Gasteiger partial charge in [-0.05, 0) is 39.0 Å². The number of hydrogen-bond donors (Lipinski definition) is 2. The van der Waals surface area contributed by atoms with Gasteiger partial charge in [0.05, 0.1) is 17.4 Å². The number of aryl methyl sites for hydroxylation is 1. The minimum absolute atomic E-state index is 0.0537. The van der Waals surface area contributed by atoms with Crippen LogP contribution < -0.4 is 15.4 Å². The van der Waals surface area contributed by atoms with E-state index in [2.05, 4.69) is 10.6 Å². The van der Waals surface area contributed by atoms with E-state index in [9.17, 15) is 18.0 Å². The standard InChI is InChI=1S/C24H27N3O5S/c1-16-8-10-17(11-9-16)33(30,31)27-13-12-25-23(29)20(27)14-22(28)26-19-15-24(2,3)32-21-7-5-4-6-18(19)21/h4-13,19-20H,14-15H2,1-3H3,(H,25,29)(H,26,28)/t19-,20+/m0/s1. The van der Waals surface area contributed by atoms with Crippen LogP contribution in [0.25, 0.3) is 0 Å². The van der Waals surface area contributed by atoms with Crippen molar-refractivity contribution in [1.82, 2.24) is 14.9 Å². The highest BCUT2D eigenvalue weighted by atomic mass is 32.2. The van der Waals surface area contributed by atoms with E-state index in [0.717, 1.165) is 15.4 Å². The molecule has 4 rings (SSSR count). The van der Waals surface area contributed by atoms with Gasteiger partial charge < -0.3 is 15.4 Å². The number of fused-ring (bicyclic) bond motifs is 1. The molecule has 9 heteroatoms. The van der Waals surface area contributed by atoms with E-state index in [1.807, 2.05) is 45.0 Å². The van der Waals surface area contributed by atoms with Crippen molar-refractivity contribution in [1.29, 1.82) is 0 Å². The summed E-state index contributed by atoms with van der Waals surface area (Å²) in [6.45, 7) is 5.74. The van der Waals surface area contributed by atoms with Gasteiger partial charge in [0.2, 0.25) is 11.8 Å². The molecule has 33 heavy (non-hydrogen) atoms. The Morgan fingerprint density at radius 1 is 1.18 bits per heavy atom. The average Bonchev–Trinajstić information content (AvgIpc) is 2.74. The molecule has 2 aromatic carbocycles. The molecule has 0 aliphatic carbocycles. The van der Waals surface area contributed by atoms with Gasteiger partial charge in [0.25, 0.3) is 10.0 Å². The molecule has 2 aromatic rings. The van der Waals surface area contributed by atoms with E-state index in [4.69, 9.17) is 4.74 Å². The molecule has 0 radical (unpaired) electrons. The van der Waals surface area contributed by atoms with Gasteiger partial charge in [0.1, 0.15) is 17.4 Å². The smallest absolute Gasteiger partial charge is 0.264 e. The van der Waals surface area contributed by atoms with Crippen LogP contribution in [0.15, 0.2) is 65.8 Å². The Hall–Kier alpha value is -3.33. The molecular formula is C24H27N3O5S. The lowest BCUT2D eigenvalue weighted by molar-refractivity contribution is -0.130. The summed E-state index contributed by atoms with van der Waals surface area (Å²) in [7, 11) is -4.02. The molecule has 0 spiro atoms. The maximum absolute atomic E-state index is 13.2. The number of benzene rings is 2. The number of amides is 2. The Morgan fingerprint density at radius 3 is 2.61 bits per heavy atom. The SMILES string of the molecule is Cc1ccc(S(=O)(=O)N2C=CNC(=O)[C@H]2CC(=O)N[C@H]2CC(C)(C)Oc3ccccc32)cc1. The van der Waals surface area contributed by atoms with E-state index in [1.165, 1.54) is 24.5 Å². The number of nitrogens with zero attached hydrogens (tertiary/aromatic N) is 1. The molecule has 0 aromatic heterocycles. The van der Waals surface area contributed by atoms with Crippen LogP contribution in [0.1, 0.15) is 43.9 Å². The van der Waals surface area contributed by atoms with Crippen molar-refractivity contribution in [2.75, 3.05) is 0 Å². The molecule has 0 saturated heterocycles. The fourth-order valence-corrected chi connectivity index (χ4v) is 5.58. The normalized spacial score (nSPS) is 21.5. The van der Waals surface area contributed by atoms with Gasteiger partial charge in [0.15, 0.2) is 0 Å². The lowest BCUT2D eigenvalue weighted by Gasteiger charge is -2.38. The Balaban J connectivity index is 1.56. The maximum Gasteiger partial charge on any atom is 0.264 e. The molecule has 2 N–H and O–H groups in total. The van der Waals surface area contributed by atoms with Gasteiger partial charge in [0, 0.05) is 24.4 Å². The Labute approximate surface area is 193 Å². The first-order valence-corrected chi connectivity index (χ1v) is 12.2. The van der Waals surface area contributed by atoms with E-state index < -0.39 is 33.5 Å². The monoisotopic (exact) mass is 469 g/mol. The third-order valence-corrected chi connectivity index (χ3v) is 7.54. The molecule has 2 aliphatic heterocycles. The number of nitrogens with one attached hydrogen (secondary N) is 2. The van der Waals surface area contributed by atoms with E-state index in [0.29, 0.717) is 12.2 Å². The highest BCUT2D eigenvalue weighted by Gasteiger charge is 2.39. The number of rotatable bonds is 5. The molecule has 174 valence electrons. The summed E-state index contributed by atoms with van der Waals surface area (Å²) in [5.74, 6) is -0.288. The second-order valence-corrected chi connectivity index (χ2v) is 10.8. The van der Waals surface area contributed by atoms with Crippen molar-refractivity contribution in [2.24, 2.45) is 0 Å². The molecule has 2 heterocycles.